The van der Waals surface area contributed by atoms with Gasteiger partial charge in [0, 0.05) is 30.8 Å². The van der Waals surface area contributed by atoms with E-state index in [1.807, 2.05) is 60.0 Å². The number of methoxy groups -OCH3 is 1. The van der Waals surface area contributed by atoms with E-state index in [1.165, 1.54) is 11.8 Å². The smallest absolute Gasteiger partial charge is 0.230 e. The van der Waals surface area contributed by atoms with Gasteiger partial charge in [-0.3, -0.25) is 9.36 Å². The number of hydrogen-bond donors (Lipinski definition) is 1. The highest BCUT2D eigenvalue weighted by molar-refractivity contribution is 7.99. The summed E-state index contributed by atoms with van der Waals surface area (Å²) >= 11 is 7.39. The van der Waals surface area contributed by atoms with Crippen molar-refractivity contribution in [3.63, 3.8) is 0 Å². The molecule has 1 amide bonds. The van der Waals surface area contributed by atoms with Gasteiger partial charge < -0.3 is 10.1 Å². The van der Waals surface area contributed by atoms with Gasteiger partial charge in [-0.1, -0.05) is 41.6 Å². The van der Waals surface area contributed by atoms with Crippen LogP contribution in [0.3, 0.4) is 0 Å². The Kier molecular flexibility index (Phi) is 7.69. The number of carbonyl (C=O) groups excluding carboxylic acids is 1. The van der Waals surface area contributed by atoms with Crippen LogP contribution in [0.25, 0.3) is 17.1 Å². The highest BCUT2D eigenvalue weighted by Crippen LogP contribution is 2.29. The van der Waals surface area contributed by atoms with Crippen LogP contribution in [0.1, 0.15) is 12.0 Å². The summed E-state index contributed by atoms with van der Waals surface area (Å²) in [4.78, 5) is 12.2. The van der Waals surface area contributed by atoms with Crippen molar-refractivity contribution in [3.8, 4) is 17.1 Å². The van der Waals surface area contributed by atoms with Crippen LogP contribution in [-0.4, -0.2) is 46.7 Å². The van der Waals surface area contributed by atoms with Crippen LogP contribution >= 0.6 is 23.4 Å². The van der Waals surface area contributed by atoms with Crippen LogP contribution in [0, 0.1) is 6.92 Å². The number of amides is 1. The predicted octanol–water partition coefficient (Wildman–Crippen LogP) is 4.14. The third-order valence-electron chi connectivity index (χ3n) is 4.27. The molecule has 3 aromatic rings. The summed E-state index contributed by atoms with van der Waals surface area (Å²) in [5.74, 6) is 0.926. The number of rotatable bonds is 9. The molecule has 0 spiro atoms. The standard InChI is InChI=1S/C21H23ClN4O2S/c1-15-6-3-4-7-18(15)26-20(16-8-10-17(22)11-9-16)24-25-21(26)29-14-19(27)23-12-5-13-28-2/h3-4,6-11H,5,12-14H2,1-2H3,(H,23,27). The van der Waals surface area contributed by atoms with Crippen molar-refractivity contribution in [2.24, 2.45) is 0 Å². The molecule has 0 aliphatic rings. The number of aromatic nitrogens is 3. The third-order valence-corrected chi connectivity index (χ3v) is 5.45. The fourth-order valence-electron chi connectivity index (χ4n) is 2.81. The number of carbonyl (C=O) groups is 1. The fraction of sp³-hybridized carbons (Fsp3) is 0.286. The maximum atomic E-state index is 12.2. The molecule has 29 heavy (non-hydrogen) atoms. The Bertz CT molecular complexity index is 960. The quantitative estimate of drug-likeness (QED) is 0.408. The predicted molar refractivity (Wildman–Crippen MR) is 117 cm³/mol. The second-order valence-corrected chi connectivity index (χ2v) is 7.80. The number of benzene rings is 2. The van der Waals surface area contributed by atoms with Gasteiger partial charge in [-0.15, -0.1) is 10.2 Å². The zero-order valence-electron chi connectivity index (χ0n) is 16.4. The maximum absolute atomic E-state index is 12.2. The molecule has 1 aromatic heterocycles. The van der Waals surface area contributed by atoms with Gasteiger partial charge in [-0.05, 0) is 49.2 Å². The molecule has 1 heterocycles. The zero-order chi connectivity index (χ0) is 20.6. The number of hydrogen-bond acceptors (Lipinski definition) is 5. The number of thioether (sulfide) groups is 1. The van der Waals surface area contributed by atoms with E-state index in [0.717, 1.165) is 23.2 Å². The molecule has 0 saturated heterocycles. The Morgan fingerprint density at radius 1 is 1.17 bits per heavy atom. The van der Waals surface area contributed by atoms with Crippen LogP contribution in [0.15, 0.2) is 53.7 Å². The number of ether oxygens (including phenoxy) is 1. The van der Waals surface area contributed by atoms with Gasteiger partial charge in [0.1, 0.15) is 0 Å². The van der Waals surface area contributed by atoms with Gasteiger partial charge in [-0.2, -0.15) is 0 Å². The van der Waals surface area contributed by atoms with Gasteiger partial charge in [0.25, 0.3) is 0 Å². The molecular formula is C21H23ClN4O2S. The maximum Gasteiger partial charge on any atom is 0.230 e. The molecule has 0 aliphatic carbocycles. The van der Waals surface area contributed by atoms with Crippen molar-refractivity contribution in [2.75, 3.05) is 26.0 Å². The van der Waals surface area contributed by atoms with Crippen molar-refractivity contribution < 1.29 is 9.53 Å². The molecule has 8 heteroatoms. The number of halogens is 1. The summed E-state index contributed by atoms with van der Waals surface area (Å²) in [6.07, 6.45) is 0.785. The van der Waals surface area contributed by atoms with E-state index in [4.69, 9.17) is 16.3 Å². The molecule has 0 aliphatic heterocycles. The normalized spacial score (nSPS) is 10.9. The van der Waals surface area contributed by atoms with Crippen LogP contribution < -0.4 is 5.32 Å². The second kappa shape index (κ2) is 10.4. The number of nitrogens with one attached hydrogen (secondary N) is 1. The Morgan fingerprint density at radius 2 is 1.93 bits per heavy atom. The van der Waals surface area contributed by atoms with Crippen molar-refractivity contribution in [3.05, 3.63) is 59.1 Å². The third kappa shape index (κ3) is 5.59. The zero-order valence-corrected chi connectivity index (χ0v) is 18.0. The molecule has 0 unspecified atom stereocenters. The first-order chi connectivity index (χ1) is 14.1. The lowest BCUT2D eigenvalue weighted by molar-refractivity contribution is -0.118. The number of aryl methyl sites for hydroxylation is 1. The molecule has 0 atom stereocenters. The minimum Gasteiger partial charge on any atom is -0.385 e. The lowest BCUT2D eigenvalue weighted by atomic mass is 10.1. The number of nitrogens with zero attached hydrogens (tertiary/aromatic N) is 3. The Morgan fingerprint density at radius 3 is 2.66 bits per heavy atom. The summed E-state index contributed by atoms with van der Waals surface area (Å²) < 4.78 is 6.98. The van der Waals surface area contributed by atoms with Crippen molar-refractivity contribution in [2.45, 2.75) is 18.5 Å². The molecule has 0 radical (unpaired) electrons. The van der Waals surface area contributed by atoms with Gasteiger partial charge in [0.05, 0.1) is 11.4 Å². The largest absolute Gasteiger partial charge is 0.385 e. The van der Waals surface area contributed by atoms with Gasteiger partial charge >= 0.3 is 0 Å². The average molecular weight is 431 g/mol. The van der Waals surface area contributed by atoms with E-state index in [-0.39, 0.29) is 11.7 Å². The highest BCUT2D eigenvalue weighted by Gasteiger charge is 2.18. The summed E-state index contributed by atoms with van der Waals surface area (Å²) in [5.41, 5.74) is 2.97. The molecule has 152 valence electrons. The van der Waals surface area contributed by atoms with Gasteiger partial charge in [-0.25, -0.2) is 0 Å². The SMILES string of the molecule is COCCCNC(=O)CSc1nnc(-c2ccc(Cl)cc2)n1-c1ccccc1C. The summed E-state index contributed by atoms with van der Waals surface area (Å²) in [5, 5.41) is 13.0. The molecule has 0 saturated carbocycles. The minimum absolute atomic E-state index is 0.0431. The van der Waals surface area contributed by atoms with Crippen molar-refractivity contribution >= 4 is 29.3 Å². The van der Waals surface area contributed by atoms with Crippen LogP contribution in [0.4, 0.5) is 0 Å². The summed E-state index contributed by atoms with van der Waals surface area (Å²) in [6, 6.07) is 15.5. The van der Waals surface area contributed by atoms with Crippen LogP contribution in [0.2, 0.25) is 5.02 Å². The van der Waals surface area contributed by atoms with E-state index in [9.17, 15) is 4.79 Å². The molecule has 0 fully saturated rings. The summed E-state index contributed by atoms with van der Waals surface area (Å²) in [7, 11) is 1.65. The minimum atomic E-state index is -0.0431. The van der Waals surface area contributed by atoms with E-state index < -0.39 is 0 Å². The van der Waals surface area contributed by atoms with Crippen molar-refractivity contribution in [1.82, 2.24) is 20.1 Å². The molecule has 3 rings (SSSR count). The second-order valence-electron chi connectivity index (χ2n) is 6.42. The molecule has 1 N–H and O–H groups in total. The molecule has 2 aromatic carbocycles. The number of para-hydroxylation sites is 1. The Balaban J connectivity index is 1.85. The molecular weight excluding hydrogens is 408 g/mol. The van der Waals surface area contributed by atoms with Crippen LogP contribution in [-0.2, 0) is 9.53 Å². The van der Waals surface area contributed by atoms with Gasteiger partial charge in [0.15, 0.2) is 11.0 Å². The fourth-order valence-corrected chi connectivity index (χ4v) is 3.71. The molecule has 6 nitrogen and oxygen atoms in total. The van der Waals surface area contributed by atoms with E-state index in [2.05, 4.69) is 15.5 Å². The first kappa shape index (κ1) is 21.4. The molecule has 0 bridgehead atoms. The van der Waals surface area contributed by atoms with E-state index in [0.29, 0.717) is 29.2 Å². The highest BCUT2D eigenvalue weighted by atomic mass is 35.5. The topological polar surface area (TPSA) is 69.0 Å². The van der Waals surface area contributed by atoms with E-state index >= 15 is 0 Å². The monoisotopic (exact) mass is 430 g/mol. The van der Waals surface area contributed by atoms with Crippen molar-refractivity contribution in [1.29, 1.82) is 0 Å². The van der Waals surface area contributed by atoms with Gasteiger partial charge in [0.2, 0.25) is 5.91 Å². The lowest BCUT2D eigenvalue weighted by Crippen LogP contribution is -2.27. The Hall–Kier alpha value is -2.35. The first-order valence-electron chi connectivity index (χ1n) is 9.26. The first-order valence-corrected chi connectivity index (χ1v) is 10.6. The Labute approximate surface area is 179 Å². The average Bonchev–Trinajstić information content (AvgIpc) is 3.14. The van der Waals surface area contributed by atoms with E-state index in [1.54, 1.807) is 7.11 Å². The summed E-state index contributed by atoms with van der Waals surface area (Å²) in [6.45, 7) is 3.26. The lowest BCUT2D eigenvalue weighted by Gasteiger charge is -2.13. The van der Waals surface area contributed by atoms with Crippen LogP contribution in [0.5, 0.6) is 0 Å².